The molecule has 3 nitrogen and oxygen atoms in total. The van der Waals surface area contributed by atoms with Crippen molar-refractivity contribution in [2.75, 3.05) is 36.9 Å². The number of hydrogen-bond donors (Lipinski definition) is 1. The summed E-state index contributed by atoms with van der Waals surface area (Å²) in [5, 5.41) is 3.95. The predicted molar refractivity (Wildman–Crippen MR) is 76.8 cm³/mol. The van der Waals surface area contributed by atoms with E-state index in [9.17, 15) is 4.79 Å². The van der Waals surface area contributed by atoms with Gasteiger partial charge in [-0.25, -0.2) is 0 Å². The van der Waals surface area contributed by atoms with Crippen molar-refractivity contribution in [1.29, 1.82) is 0 Å². The van der Waals surface area contributed by atoms with Crippen LogP contribution in [0.15, 0.2) is 0 Å². The molecule has 2 aliphatic rings. The predicted octanol–water partition coefficient (Wildman–Crippen LogP) is 1.44. The lowest BCUT2D eigenvalue weighted by molar-refractivity contribution is -0.135. The summed E-state index contributed by atoms with van der Waals surface area (Å²) in [4.78, 5) is 14.3. The number of nitrogens with one attached hydrogen (secondary N) is 1. The fourth-order valence-electron chi connectivity index (χ4n) is 2.45. The average Bonchev–Trinajstić information content (AvgIpc) is 2.36. The zero-order valence-corrected chi connectivity index (χ0v) is 12.1. The maximum Gasteiger partial charge on any atom is 0.239 e. The standard InChI is InChI=1S/C12H22N2OS2/c1-2-13-11-4-3-5-14(12(11)15)8-10-9-16-6-7-17-10/h10-11,13H,2-9H2,1H3. The summed E-state index contributed by atoms with van der Waals surface area (Å²) in [6.45, 7) is 4.87. The highest BCUT2D eigenvalue weighted by molar-refractivity contribution is 8.06. The number of likely N-dealkylation sites (tertiary alicyclic amines) is 1. The second-order valence-electron chi connectivity index (χ2n) is 4.60. The van der Waals surface area contributed by atoms with E-state index in [1.807, 2.05) is 23.5 Å². The van der Waals surface area contributed by atoms with Crippen LogP contribution >= 0.6 is 23.5 Å². The first-order chi connectivity index (χ1) is 8.31. The van der Waals surface area contributed by atoms with Crippen molar-refractivity contribution in [3.8, 4) is 0 Å². The van der Waals surface area contributed by atoms with E-state index >= 15 is 0 Å². The molecule has 2 fully saturated rings. The normalized spacial score (nSPS) is 30.6. The van der Waals surface area contributed by atoms with Crippen LogP contribution in [-0.2, 0) is 4.79 Å². The van der Waals surface area contributed by atoms with Crippen LogP contribution in [0.3, 0.4) is 0 Å². The molecule has 0 aromatic rings. The number of likely N-dealkylation sites (N-methyl/N-ethyl adjacent to an activating group) is 1. The van der Waals surface area contributed by atoms with Crippen molar-refractivity contribution in [3.63, 3.8) is 0 Å². The molecule has 98 valence electrons. The van der Waals surface area contributed by atoms with Gasteiger partial charge in [-0.2, -0.15) is 23.5 Å². The van der Waals surface area contributed by atoms with Crippen LogP contribution in [0, 0.1) is 0 Å². The van der Waals surface area contributed by atoms with Crippen molar-refractivity contribution in [2.45, 2.75) is 31.1 Å². The quantitative estimate of drug-likeness (QED) is 0.841. The van der Waals surface area contributed by atoms with Crippen molar-refractivity contribution in [1.82, 2.24) is 10.2 Å². The minimum Gasteiger partial charge on any atom is -0.340 e. The first kappa shape index (κ1) is 13.6. The molecule has 2 heterocycles. The summed E-state index contributed by atoms with van der Waals surface area (Å²) in [6.07, 6.45) is 2.16. The first-order valence-electron chi connectivity index (χ1n) is 6.52. The first-order valence-corrected chi connectivity index (χ1v) is 8.73. The SMILES string of the molecule is CCNC1CCCN(CC2CSCCS2)C1=O. The molecule has 0 saturated carbocycles. The zero-order valence-electron chi connectivity index (χ0n) is 10.5. The second kappa shape index (κ2) is 6.90. The van der Waals surface area contributed by atoms with E-state index in [0.717, 1.165) is 32.5 Å². The zero-order chi connectivity index (χ0) is 12.1. The molecule has 2 saturated heterocycles. The Bertz CT molecular complexity index is 255. The molecule has 1 N–H and O–H groups in total. The Kier molecular flexibility index (Phi) is 5.50. The van der Waals surface area contributed by atoms with Gasteiger partial charge in [-0.15, -0.1) is 0 Å². The van der Waals surface area contributed by atoms with Crippen LogP contribution < -0.4 is 5.32 Å². The number of rotatable bonds is 4. The summed E-state index contributed by atoms with van der Waals surface area (Å²) in [7, 11) is 0. The van der Waals surface area contributed by atoms with Crippen LogP contribution in [0.2, 0.25) is 0 Å². The molecule has 2 rings (SSSR count). The number of piperidine rings is 1. The van der Waals surface area contributed by atoms with Crippen LogP contribution in [0.5, 0.6) is 0 Å². The Hall–Kier alpha value is 0.130. The third kappa shape index (κ3) is 3.80. The van der Waals surface area contributed by atoms with Gasteiger partial charge < -0.3 is 10.2 Å². The minimum absolute atomic E-state index is 0.0787. The van der Waals surface area contributed by atoms with Crippen LogP contribution in [0.1, 0.15) is 19.8 Å². The summed E-state index contributed by atoms with van der Waals surface area (Å²) < 4.78 is 0. The number of carbonyl (C=O) groups is 1. The van der Waals surface area contributed by atoms with E-state index in [1.54, 1.807) is 0 Å². The number of carbonyl (C=O) groups excluding carboxylic acids is 1. The summed E-state index contributed by atoms with van der Waals surface area (Å²) in [5.74, 6) is 4.05. The minimum atomic E-state index is 0.0787. The molecule has 2 unspecified atom stereocenters. The van der Waals surface area contributed by atoms with Crippen molar-refractivity contribution in [2.24, 2.45) is 0 Å². The van der Waals surface area contributed by atoms with E-state index in [1.165, 1.54) is 17.3 Å². The third-order valence-corrected chi connectivity index (χ3v) is 6.12. The lowest BCUT2D eigenvalue weighted by Gasteiger charge is -2.35. The van der Waals surface area contributed by atoms with Gasteiger partial charge in [-0.05, 0) is 19.4 Å². The van der Waals surface area contributed by atoms with E-state index in [-0.39, 0.29) is 6.04 Å². The van der Waals surface area contributed by atoms with Gasteiger partial charge in [0.15, 0.2) is 0 Å². The monoisotopic (exact) mass is 274 g/mol. The Labute approximate surface area is 112 Å². The molecule has 1 amide bonds. The Morgan fingerprint density at radius 1 is 1.47 bits per heavy atom. The summed E-state index contributed by atoms with van der Waals surface area (Å²) in [5.41, 5.74) is 0. The Morgan fingerprint density at radius 2 is 2.35 bits per heavy atom. The molecule has 5 heteroatoms. The Morgan fingerprint density at radius 3 is 3.06 bits per heavy atom. The number of amides is 1. The highest BCUT2D eigenvalue weighted by Crippen LogP contribution is 2.25. The highest BCUT2D eigenvalue weighted by Gasteiger charge is 2.29. The lowest BCUT2D eigenvalue weighted by Crippen LogP contribution is -2.52. The van der Waals surface area contributed by atoms with Crippen molar-refractivity contribution >= 4 is 29.4 Å². The van der Waals surface area contributed by atoms with Gasteiger partial charge in [-0.1, -0.05) is 6.92 Å². The molecule has 0 bridgehead atoms. The Balaban J connectivity index is 1.84. The molecule has 17 heavy (non-hydrogen) atoms. The van der Waals surface area contributed by atoms with Crippen LogP contribution in [-0.4, -0.2) is 59.0 Å². The highest BCUT2D eigenvalue weighted by atomic mass is 32.2. The number of nitrogens with zero attached hydrogens (tertiary/aromatic N) is 1. The van der Waals surface area contributed by atoms with Crippen LogP contribution in [0.25, 0.3) is 0 Å². The van der Waals surface area contributed by atoms with Gasteiger partial charge in [0.05, 0.1) is 6.04 Å². The van der Waals surface area contributed by atoms with Gasteiger partial charge in [0, 0.05) is 35.6 Å². The van der Waals surface area contributed by atoms with Gasteiger partial charge in [0.2, 0.25) is 5.91 Å². The average molecular weight is 274 g/mol. The van der Waals surface area contributed by atoms with E-state index in [4.69, 9.17) is 0 Å². The van der Waals surface area contributed by atoms with Gasteiger partial charge in [0.25, 0.3) is 0 Å². The topological polar surface area (TPSA) is 32.3 Å². The van der Waals surface area contributed by atoms with E-state index in [0.29, 0.717) is 11.2 Å². The largest absolute Gasteiger partial charge is 0.340 e. The molecule has 2 aliphatic heterocycles. The van der Waals surface area contributed by atoms with E-state index < -0.39 is 0 Å². The molecule has 2 atom stereocenters. The molecule has 0 radical (unpaired) electrons. The number of thioether (sulfide) groups is 2. The number of hydrogen-bond acceptors (Lipinski definition) is 4. The molecular weight excluding hydrogens is 252 g/mol. The summed E-state index contributed by atoms with van der Waals surface area (Å²) >= 11 is 4.07. The molecule has 0 aliphatic carbocycles. The van der Waals surface area contributed by atoms with Gasteiger partial charge in [-0.3, -0.25) is 4.79 Å². The molecular formula is C12H22N2OS2. The summed E-state index contributed by atoms with van der Waals surface area (Å²) in [6, 6.07) is 0.0787. The fraction of sp³-hybridized carbons (Fsp3) is 0.917. The molecule has 0 aromatic heterocycles. The van der Waals surface area contributed by atoms with Gasteiger partial charge >= 0.3 is 0 Å². The third-order valence-electron chi connectivity index (χ3n) is 3.29. The van der Waals surface area contributed by atoms with Crippen molar-refractivity contribution in [3.05, 3.63) is 0 Å². The lowest BCUT2D eigenvalue weighted by atomic mass is 10.0. The van der Waals surface area contributed by atoms with Crippen LogP contribution in [0.4, 0.5) is 0 Å². The maximum atomic E-state index is 12.2. The molecule has 0 aromatic carbocycles. The fourth-order valence-corrected chi connectivity index (χ4v) is 5.13. The second-order valence-corrected chi connectivity index (χ2v) is 7.16. The van der Waals surface area contributed by atoms with Crippen molar-refractivity contribution < 1.29 is 4.79 Å². The molecule has 0 spiro atoms. The maximum absolute atomic E-state index is 12.2. The van der Waals surface area contributed by atoms with Gasteiger partial charge in [0.1, 0.15) is 0 Å². The van der Waals surface area contributed by atoms with E-state index in [2.05, 4.69) is 17.1 Å². The smallest absolute Gasteiger partial charge is 0.239 e.